The first-order chi connectivity index (χ1) is 33.1. The number of pyridine rings is 1. The summed E-state index contributed by atoms with van der Waals surface area (Å²) >= 11 is 0. The van der Waals surface area contributed by atoms with Gasteiger partial charge in [0, 0.05) is 82.3 Å². The minimum absolute atomic E-state index is 0.0851. The summed E-state index contributed by atoms with van der Waals surface area (Å²) in [5.41, 5.74) is 17.4. The van der Waals surface area contributed by atoms with Gasteiger partial charge in [0.1, 0.15) is 47.6 Å². The van der Waals surface area contributed by atoms with Gasteiger partial charge in [0.05, 0.1) is 19.1 Å². The number of rotatable bonds is 6. The fraction of sp³-hybridized carbons (Fsp3) is 0.491. The SMILES string of the molecule is CCc1cc2c(nc1N)C#CCc1c(CNC)c(O)c3c(c1C1Oc4c(ccc5c4C4(CCC(C2)C4)Cc2cc(O)cc(OC)c2-5)C1COC(C)=O)C=CC1NC2CCCC(CSSCC1O3)C2. The van der Waals surface area contributed by atoms with Gasteiger partial charge in [0.15, 0.2) is 11.5 Å². The van der Waals surface area contributed by atoms with Crippen molar-refractivity contribution in [2.75, 3.05) is 38.0 Å². The van der Waals surface area contributed by atoms with Crippen molar-refractivity contribution >= 4 is 39.5 Å². The lowest BCUT2D eigenvalue weighted by Crippen LogP contribution is -2.49. The first kappa shape index (κ1) is 45.4. The number of anilines is 1. The van der Waals surface area contributed by atoms with Gasteiger partial charge in [-0.1, -0.05) is 65.1 Å². The molecule has 4 aromatic rings. The van der Waals surface area contributed by atoms with Crippen molar-refractivity contribution in [2.24, 2.45) is 11.8 Å². The molecule has 8 atom stereocenters. The van der Waals surface area contributed by atoms with E-state index in [9.17, 15) is 15.0 Å². The Morgan fingerprint density at radius 3 is 2.78 bits per heavy atom. The van der Waals surface area contributed by atoms with E-state index in [1.165, 1.54) is 19.8 Å². The van der Waals surface area contributed by atoms with E-state index in [2.05, 4.69) is 59.7 Å². The number of nitrogens with two attached hydrogens (primary N) is 1. The van der Waals surface area contributed by atoms with Crippen molar-refractivity contribution < 1.29 is 34.0 Å². The molecule has 3 fully saturated rings. The third kappa shape index (κ3) is 7.97. The van der Waals surface area contributed by atoms with Crippen LogP contribution in [0.15, 0.2) is 36.4 Å². The average molecular weight is 955 g/mol. The molecule has 3 aliphatic carbocycles. The summed E-state index contributed by atoms with van der Waals surface area (Å²) in [7, 11) is 7.33. The molecular formula is C55H62N4O7S2. The summed E-state index contributed by atoms with van der Waals surface area (Å²) in [6.45, 7) is 3.99. The van der Waals surface area contributed by atoms with Crippen LogP contribution in [0.3, 0.4) is 0 Å². The summed E-state index contributed by atoms with van der Waals surface area (Å²) in [6.07, 6.45) is 13.5. The van der Waals surface area contributed by atoms with Gasteiger partial charge in [-0.3, -0.25) is 4.79 Å². The number of phenolic OH excluding ortho intramolecular Hbond substituents is 2. The highest BCUT2D eigenvalue weighted by Gasteiger charge is 2.51. The number of ether oxygens (including phenoxy) is 4. The van der Waals surface area contributed by atoms with Crippen LogP contribution < -0.4 is 30.6 Å². The van der Waals surface area contributed by atoms with E-state index in [1.807, 2.05) is 34.7 Å². The van der Waals surface area contributed by atoms with Crippen LogP contribution in [0, 0.1) is 23.7 Å². The van der Waals surface area contributed by atoms with Gasteiger partial charge in [0.25, 0.3) is 0 Å². The average Bonchev–Trinajstić information content (AvgIpc) is 3.84. The van der Waals surface area contributed by atoms with Crippen molar-refractivity contribution in [3.63, 3.8) is 0 Å². The van der Waals surface area contributed by atoms with Crippen molar-refractivity contribution in [1.82, 2.24) is 15.6 Å². The molecule has 1 saturated heterocycles. The van der Waals surface area contributed by atoms with E-state index >= 15 is 0 Å². The number of esters is 1. The molecule has 7 aliphatic rings. The molecule has 0 radical (unpaired) electrons. The Hall–Kier alpha value is -5.00. The number of methoxy groups -OCH3 is 1. The quantitative estimate of drug-likeness (QED) is 0.0709. The number of nitrogens with zero attached hydrogens (tertiary/aromatic N) is 1. The van der Waals surface area contributed by atoms with Gasteiger partial charge in [-0.05, 0) is 123 Å². The molecule has 8 unspecified atom stereocenters. The molecular weight excluding hydrogens is 893 g/mol. The zero-order valence-electron chi connectivity index (χ0n) is 39.5. The van der Waals surface area contributed by atoms with Gasteiger partial charge < -0.3 is 45.5 Å². The normalized spacial score (nSPS) is 27.4. The van der Waals surface area contributed by atoms with E-state index in [4.69, 9.17) is 29.7 Å². The lowest BCUT2D eigenvalue weighted by Gasteiger charge is -2.39. The van der Waals surface area contributed by atoms with Crippen molar-refractivity contribution in [2.45, 2.75) is 127 Å². The zero-order valence-corrected chi connectivity index (χ0v) is 41.1. The molecule has 0 amide bonds. The molecule has 11 rings (SSSR count). The maximum Gasteiger partial charge on any atom is 0.302 e. The number of carbonyl (C=O) groups excluding carboxylic acids is 1. The molecule has 1 aromatic heterocycles. The second-order valence-corrected chi connectivity index (χ2v) is 22.7. The molecule has 4 aliphatic heterocycles. The van der Waals surface area contributed by atoms with Crippen LogP contribution >= 0.6 is 21.6 Å². The molecule has 356 valence electrons. The largest absolute Gasteiger partial charge is 0.508 e. The van der Waals surface area contributed by atoms with E-state index in [0.29, 0.717) is 59.4 Å². The molecule has 6 bridgehead atoms. The van der Waals surface area contributed by atoms with Crippen molar-refractivity contribution in [3.8, 4) is 51.7 Å². The predicted molar refractivity (Wildman–Crippen MR) is 270 cm³/mol. The number of hydrogen-bond donors (Lipinski definition) is 5. The Kier molecular flexibility index (Phi) is 12.3. The van der Waals surface area contributed by atoms with Gasteiger partial charge in [-0.15, -0.1) is 0 Å². The Morgan fingerprint density at radius 1 is 1.09 bits per heavy atom. The minimum atomic E-state index is -0.657. The van der Waals surface area contributed by atoms with E-state index in [0.717, 1.165) is 118 Å². The number of aromatic nitrogens is 1. The van der Waals surface area contributed by atoms with Crippen molar-refractivity contribution in [3.05, 3.63) is 92.2 Å². The smallest absolute Gasteiger partial charge is 0.302 e. The molecule has 11 nitrogen and oxygen atoms in total. The van der Waals surface area contributed by atoms with Gasteiger partial charge >= 0.3 is 5.97 Å². The Bertz CT molecular complexity index is 2780. The third-order valence-electron chi connectivity index (χ3n) is 16.0. The Morgan fingerprint density at radius 2 is 1.96 bits per heavy atom. The first-order valence-corrected chi connectivity index (χ1v) is 27.1. The lowest BCUT2D eigenvalue weighted by molar-refractivity contribution is -0.141. The number of aryl methyl sites for hydroxylation is 1. The number of carbonyl (C=O) groups is 1. The maximum atomic E-state index is 12.8. The van der Waals surface area contributed by atoms with E-state index in [-0.39, 0.29) is 48.1 Å². The van der Waals surface area contributed by atoms with E-state index in [1.54, 1.807) is 13.2 Å². The Balaban J connectivity index is 1.17. The summed E-state index contributed by atoms with van der Waals surface area (Å²) in [5, 5.41) is 31.2. The number of fused-ring (bicyclic) bond motifs is 12. The highest BCUT2D eigenvalue weighted by molar-refractivity contribution is 8.76. The molecule has 68 heavy (non-hydrogen) atoms. The van der Waals surface area contributed by atoms with Gasteiger partial charge in [-0.2, -0.15) is 0 Å². The van der Waals surface area contributed by atoms with Gasteiger partial charge in [0.2, 0.25) is 0 Å². The number of hydrogen-bond acceptors (Lipinski definition) is 13. The number of benzene rings is 3. The van der Waals surface area contributed by atoms with Crippen LogP contribution in [0.5, 0.6) is 28.7 Å². The van der Waals surface area contributed by atoms with Crippen LogP contribution in [0.4, 0.5) is 5.82 Å². The number of nitrogen functional groups attached to an aromatic ring is 1. The fourth-order valence-corrected chi connectivity index (χ4v) is 15.6. The van der Waals surface area contributed by atoms with Crippen LogP contribution in [0.25, 0.3) is 17.2 Å². The maximum absolute atomic E-state index is 12.8. The number of aromatic hydroxyl groups is 2. The lowest BCUT2D eigenvalue weighted by atomic mass is 9.65. The molecule has 3 aromatic carbocycles. The van der Waals surface area contributed by atoms with Crippen LogP contribution in [-0.4, -0.2) is 71.6 Å². The zero-order chi connectivity index (χ0) is 46.8. The summed E-state index contributed by atoms with van der Waals surface area (Å²) in [4.78, 5) is 17.8. The monoisotopic (exact) mass is 954 g/mol. The summed E-state index contributed by atoms with van der Waals surface area (Å²) < 4.78 is 27.0. The highest BCUT2D eigenvalue weighted by atomic mass is 33.1. The van der Waals surface area contributed by atoms with E-state index < -0.39 is 12.0 Å². The Labute approximate surface area is 407 Å². The molecule has 6 N–H and O–H groups in total. The fourth-order valence-electron chi connectivity index (χ4n) is 13.0. The molecule has 13 heteroatoms. The highest BCUT2D eigenvalue weighted by Crippen LogP contribution is 2.63. The molecule has 5 heterocycles. The summed E-state index contributed by atoms with van der Waals surface area (Å²) in [5.74, 6) is 11.8. The van der Waals surface area contributed by atoms with Crippen LogP contribution in [0.2, 0.25) is 0 Å². The second kappa shape index (κ2) is 18.4. The minimum Gasteiger partial charge on any atom is -0.508 e. The molecule has 2 saturated carbocycles. The first-order valence-electron chi connectivity index (χ1n) is 24.6. The standard InChI is InChI=1S/C55H62N4O7S2/c1-5-32-20-33-18-30-16-17-55(23-30)24-34-21-36(61)22-45(63-4)47(34)39-13-12-38-42(26-64-29(2)60)51(66-52(38)49(39)55)48-37(10-7-11-43(33)59-54(32)56)41(25-57-3)50(62)53-40(48)14-15-44-46(65-53)28-68-67-27-31-8-6-9-35(19-31)58-44/h12-15,20-22,30-31,35,42,44,46,51,57-58,61-62H,5-6,8-10,16-19,23-28H2,1-4H3,(H2,56,59). The number of nitrogens with one attached hydrogen (secondary N) is 2. The van der Waals surface area contributed by atoms with Gasteiger partial charge in [-0.25, -0.2) is 4.98 Å². The topological polar surface area (TPSA) is 157 Å². The van der Waals surface area contributed by atoms with Crippen LogP contribution in [-0.2, 0) is 47.2 Å². The predicted octanol–water partition coefficient (Wildman–Crippen LogP) is 9.24. The van der Waals surface area contributed by atoms with Crippen LogP contribution in [0.1, 0.15) is 127 Å². The number of phenols is 2. The third-order valence-corrected chi connectivity index (χ3v) is 18.6. The second-order valence-electron chi connectivity index (χ2n) is 20.2. The molecule has 1 spiro atoms. The van der Waals surface area contributed by atoms with Crippen molar-refractivity contribution in [1.29, 1.82) is 0 Å². The summed E-state index contributed by atoms with van der Waals surface area (Å²) in [6, 6.07) is 10.4.